The number of nitrogens with one attached hydrogen (secondary N) is 2. The summed E-state index contributed by atoms with van der Waals surface area (Å²) in [4.78, 5) is 7.01. The first kappa shape index (κ1) is 19.8. The number of benzene rings is 2. The maximum atomic E-state index is 5.65. The van der Waals surface area contributed by atoms with Crippen LogP contribution < -0.4 is 15.4 Å². The van der Waals surface area contributed by atoms with Gasteiger partial charge in [-0.25, -0.2) is 0 Å². The molecule has 0 saturated carbocycles. The second-order valence-corrected chi connectivity index (χ2v) is 7.93. The summed E-state index contributed by atoms with van der Waals surface area (Å²) < 4.78 is 5.65. The van der Waals surface area contributed by atoms with Gasteiger partial charge in [-0.2, -0.15) is 0 Å². The number of para-hydroxylation sites is 1. The maximum Gasteiger partial charge on any atom is 0.191 e. The summed E-state index contributed by atoms with van der Waals surface area (Å²) >= 11 is 0. The first-order valence-electron chi connectivity index (χ1n) is 10.7. The Bertz CT molecular complexity index is 844. The topological polar surface area (TPSA) is 48.9 Å². The zero-order valence-corrected chi connectivity index (χ0v) is 17.5. The third-order valence-corrected chi connectivity index (χ3v) is 6.24. The number of guanidine groups is 1. The third kappa shape index (κ3) is 4.40. The molecule has 1 fully saturated rings. The molecule has 2 N–H and O–H groups in total. The van der Waals surface area contributed by atoms with Gasteiger partial charge in [-0.05, 0) is 49.5 Å². The fraction of sp³-hybridized carbons (Fsp3) is 0.458. The number of methoxy groups -OCH3 is 1. The summed E-state index contributed by atoms with van der Waals surface area (Å²) in [6, 6.07) is 17.4. The van der Waals surface area contributed by atoms with Crippen molar-refractivity contribution in [2.45, 2.75) is 31.2 Å². The molecule has 4 rings (SSSR count). The van der Waals surface area contributed by atoms with Gasteiger partial charge in [0.25, 0.3) is 0 Å². The fourth-order valence-electron chi connectivity index (χ4n) is 4.61. The molecule has 29 heavy (non-hydrogen) atoms. The lowest BCUT2D eigenvalue weighted by atomic mass is 9.78. The largest absolute Gasteiger partial charge is 0.496 e. The number of hydrogen-bond acceptors (Lipinski definition) is 3. The predicted octanol–water partition coefficient (Wildman–Crippen LogP) is 3.34. The molecule has 2 aliphatic rings. The molecule has 0 spiro atoms. The van der Waals surface area contributed by atoms with Crippen molar-refractivity contribution in [3.05, 3.63) is 65.2 Å². The number of likely N-dealkylation sites (tertiary alicyclic amines) is 1. The van der Waals surface area contributed by atoms with Crippen molar-refractivity contribution in [2.75, 3.05) is 40.3 Å². The Morgan fingerprint density at radius 3 is 2.62 bits per heavy atom. The summed E-state index contributed by atoms with van der Waals surface area (Å²) in [5, 5.41) is 7.09. The predicted molar refractivity (Wildman–Crippen MR) is 119 cm³/mol. The minimum Gasteiger partial charge on any atom is -0.496 e. The van der Waals surface area contributed by atoms with E-state index in [2.05, 4.69) is 63.0 Å². The van der Waals surface area contributed by atoms with Gasteiger partial charge in [0.05, 0.1) is 13.2 Å². The number of nitrogens with zero attached hydrogens (tertiary/aromatic N) is 2. The summed E-state index contributed by atoms with van der Waals surface area (Å²) in [7, 11) is 3.60. The van der Waals surface area contributed by atoms with Crippen LogP contribution in [0.5, 0.6) is 5.75 Å². The molecule has 1 saturated heterocycles. The van der Waals surface area contributed by atoms with Gasteiger partial charge >= 0.3 is 0 Å². The Hall–Kier alpha value is -2.53. The molecule has 0 bridgehead atoms. The lowest BCUT2D eigenvalue weighted by Crippen LogP contribution is -2.44. The van der Waals surface area contributed by atoms with Gasteiger partial charge in [-0.1, -0.05) is 42.5 Å². The van der Waals surface area contributed by atoms with Crippen LogP contribution in [0.2, 0.25) is 0 Å². The normalized spacial score (nSPS) is 19.9. The molecular formula is C24H32N4O. The van der Waals surface area contributed by atoms with Crippen LogP contribution in [0.4, 0.5) is 0 Å². The average molecular weight is 393 g/mol. The van der Waals surface area contributed by atoms with Crippen LogP contribution in [0.25, 0.3) is 0 Å². The minimum atomic E-state index is 0.275. The molecule has 2 aromatic rings. The maximum absolute atomic E-state index is 5.65. The van der Waals surface area contributed by atoms with Crippen LogP contribution in [0.1, 0.15) is 41.5 Å². The van der Waals surface area contributed by atoms with E-state index < -0.39 is 0 Å². The number of aliphatic imine (C=N–C) groups is 1. The highest BCUT2D eigenvalue weighted by atomic mass is 16.5. The van der Waals surface area contributed by atoms with Crippen molar-refractivity contribution in [3.8, 4) is 5.75 Å². The van der Waals surface area contributed by atoms with Gasteiger partial charge in [-0.15, -0.1) is 0 Å². The average Bonchev–Trinajstić information content (AvgIpc) is 3.28. The summed E-state index contributed by atoms with van der Waals surface area (Å²) in [6.45, 7) is 3.99. The van der Waals surface area contributed by atoms with E-state index in [0.29, 0.717) is 5.92 Å². The molecule has 154 valence electrons. The van der Waals surface area contributed by atoms with Crippen molar-refractivity contribution < 1.29 is 4.74 Å². The molecule has 2 unspecified atom stereocenters. The van der Waals surface area contributed by atoms with Gasteiger partial charge in [0.2, 0.25) is 0 Å². The van der Waals surface area contributed by atoms with Crippen LogP contribution in [-0.2, 0) is 6.42 Å². The van der Waals surface area contributed by atoms with E-state index in [0.717, 1.165) is 44.3 Å². The highest BCUT2D eigenvalue weighted by Crippen LogP contribution is 2.34. The fourth-order valence-corrected chi connectivity index (χ4v) is 4.61. The Morgan fingerprint density at radius 1 is 1.10 bits per heavy atom. The number of fused-ring (bicyclic) bond motifs is 1. The lowest BCUT2D eigenvalue weighted by Gasteiger charge is -2.32. The molecule has 1 heterocycles. The number of rotatable bonds is 7. The number of hydrogen-bond donors (Lipinski definition) is 2. The van der Waals surface area contributed by atoms with Gasteiger partial charge in [-0.3, -0.25) is 9.89 Å². The van der Waals surface area contributed by atoms with E-state index >= 15 is 0 Å². The molecule has 2 aromatic carbocycles. The highest BCUT2D eigenvalue weighted by molar-refractivity contribution is 5.79. The highest BCUT2D eigenvalue weighted by Gasteiger charge is 2.27. The van der Waals surface area contributed by atoms with Crippen molar-refractivity contribution in [2.24, 2.45) is 4.99 Å². The van der Waals surface area contributed by atoms with E-state index in [1.807, 2.05) is 13.1 Å². The lowest BCUT2D eigenvalue weighted by molar-refractivity contribution is 0.239. The quantitative estimate of drug-likeness (QED) is 0.561. The van der Waals surface area contributed by atoms with Crippen LogP contribution >= 0.6 is 0 Å². The monoisotopic (exact) mass is 392 g/mol. The first-order valence-corrected chi connectivity index (χ1v) is 10.7. The van der Waals surface area contributed by atoms with E-state index in [4.69, 9.17) is 4.74 Å². The van der Waals surface area contributed by atoms with Gasteiger partial charge in [0, 0.05) is 31.6 Å². The molecule has 5 nitrogen and oxygen atoms in total. The van der Waals surface area contributed by atoms with Crippen molar-refractivity contribution in [3.63, 3.8) is 0 Å². The molecule has 0 amide bonds. The second kappa shape index (κ2) is 9.31. The number of ether oxygens (including phenoxy) is 1. The zero-order chi connectivity index (χ0) is 20.1. The smallest absolute Gasteiger partial charge is 0.191 e. The van der Waals surface area contributed by atoms with Crippen molar-refractivity contribution >= 4 is 5.96 Å². The molecular weight excluding hydrogens is 360 g/mol. The van der Waals surface area contributed by atoms with Crippen molar-refractivity contribution in [1.29, 1.82) is 0 Å². The van der Waals surface area contributed by atoms with E-state index in [-0.39, 0.29) is 6.04 Å². The van der Waals surface area contributed by atoms with Gasteiger partial charge in [0.1, 0.15) is 5.75 Å². The Kier molecular flexibility index (Phi) is 6.35. The Labute approximate surface area is 174 Å². The van der Waals surface area contributed by atoms with E-state index in [9.17, 15) is 0 Å². The van der Waals surface area contributed by atoms with E-state index in [1.165, 1.54) is 29.5 Å². The van der Waals surface area contributed by atoms with E-state index in [1.54, 1.807) is 7.11 Å². The van der Waals surface area contributed by atoms with Crippen LogP contribution in [0.3, 0.4) is 0 Å². The Balaban J connectivity index is 1.38. The SMILES string of the molecule is CN=C(NCC1Cc2ccccc21)NCC(c1ccccc1OC)N1CCCC1. The minimum absolute atomic E-state index is 0.275. The Morgan fingerprint density at radius 2 is 1.86 bits per heavy atom. The molecule has 1 aliphatic carbocycles. The molecule has 1 aliphatic heterocycles. The van der Waals surface area contributed by atoms with Gasteiger partial charge in [0.15, 0.2) is 5.96 Å². The summed E-state index contributed by atoms with van der Waals surface area (Å²) in [5.74, 6) is 2.40. The third-order valence-electron chi connectivity index (χ3n) is 6.24. The molecule has 0 aromatic heterocycles. The molecule has 2 atom stereocenters. The molecule has 0 radical (unpaired) electrons. The van der Waals surface area contributed by atoms with Crippen LogP contribution in [-0.4, -0.2) is 51.2 Å². The van der Waals surface area contributed by atoms with Crippen LogP contribution in [0, 0.1) is 0 Å². The van der Waals surface area contributed by atoms with Crippen molar-refractivity contribution in [1.82, 2.24) is 15.5 Å². The standard InChI is InChI=1S/C24H32N4O/c1-25-24(26-16-19-15-18-9-3-4-10-20(18)19)27-17-22(28-13-7-8-14-28)21-11-5-6-12-23(21)29-2/h3-6,9-12,19,22H,7-8,13-17H2,1-2H3,(H2,25,26,27). The zero-order valence-electron chi connectivity index (χ0n) is 17.5. The van der Waals surface area contributed by atoms with Gasteiger partial charge < -0.3 is 15.4 Å². The second-order valence-electron chi connectivity index (χ2n) is 7.93. The summed E-state index contributed by atoms with van der Waals surface area (Å²) in [5.41, 5.74) is 4.19. The summed E-state index contributed by atoms with van der Waals surface area (Å²) in [6.07, 6.45) is 3.68. The van der Waals surface area contributed by atoms with Crippen LogP contribution in [0.15, 0.2) is 53.5 Å². The molecule has 5 heteroatoms. The first-order chi connectivity index (χ1) is 14.3.